The molecule has 3 heterocycles. The average Bonchev–Trinajstić information content (AvgIpc) is 2.75. The molecule has 3 rings (SSSR count). The molecule has 0 spiro atoms. The molecule has 2 nitrogen and oxygen atoms in total. The highest BCUT2D eigenvalue weighted by atomic mass is 15.4. The Bertz CT molecular complexity index is 194. The van der Waals surface area contributed by atoms with Crippen LogP contribution in [0.25, 0.3) is 0 Å². The van der Waals surface area contributed by atoms with Crippen LogP contribution >= 0.6 is 0 Å². The van der Waals surface area contributed by atoms with Crippen LogP contribution < -0.4 is 5.32 Å². The summed E-state index contributed by atoms with van der Waals surface area (Å²) in [5.41, 5.74) is 0.458. The predicted octanol–water partition coefficient (Wildman–Crippen LogP) is 1.71. The van der Waals surface area contributed by atoms with E-state index in [2.05, 4.69) is 10.2 Å². The van der Waals surface area contributed by atoms with E-state index in [9.17, 15) is 0 Å². The summed E-state index contributed by atoms with van der Waals surface area (Å²) in [6, 6.07) is 0.856. The molecule has 0 aromatic rings. The van der Waals surface area contributed by atoms with E-state index >= 15 is 0 Å². The van der Waals surface area contributed by atoms with Crippen LogP contribution in [0.3, 0.4) is 0 Å². The van der Waals surface area contributed by atoms with Crippen LogP contribution in [0, 0.1) is 0 Å². The SMILES string of the molecule is C1CCN(C23CCCC(CC2)N3)C1. The molecule has 13 heavy (non-hydrogen) atoms. The van der Waals surface area contributed by atoms with Crippen molar-refractivity contribution >= 4 is 0 Å². The zero-order valence-corrected chi connectivity index (χ0v) is 8.39. The largest absolute Gasteiger partial charge is 0.296 e. The highest BCUT2D eigenvalue weighted by Crippen LogP contribution is 2.39. The molecule has 0 aliphatic carbocycles. The fraction of sp³-hybridized carbons (Fsp3) is 1.00. The number of fused-ring (bicyclic) bond motifs is 2. The summed E-state index contributed by atoms with van der Waals surface area (Å²) in [6.45, 7) is 2.69. The van der Waals surface area contributed by atoms with Crippen LogP contribution in [0.15, 0.2) is 0 Å². The van der Waals surface area contributed by atoms with Gasteiger partial charge in [-0.05, 0) is 58.0 Å². The minimum Gasteiger partial charge on any atom is -0.296 e. The van der Waals surface area contributed by atoms with E-state index < -0.39 is 0 Å². The first-order valence-corrected chi connectivity index (χ1v) is 5.92. The second kappa shape index (κ2) is 2.96. The van der Waals surface area contributed by atoms with E-state index in [1.807, 2.05) is 0 Å². The molecule has 74 valence electrons. The van der Waals surface area contributed by atoms with Crippen LogP contribution in [-0.2, 0) is 0 Å². The molecule has 2 bridgehead atoms. The van der Waals surface area contributed by atoms with Gasteiger partial charge in [0, 0.05) is 6.04 Å². The Hall–Kier alpha value is -0.0800. The Kier molecular flexibility index (Phi) is 1.88. The smallest absolute Gasteiger partial charge is 0.0715 e. The normalized spacial score (nSPS) is 45.7. The Morgan fingerprint density at radius 2 is 1.85 bits per heavy atom. The van der Waals surface area contributed by atoms with Gasteiger partial charge < -0.3 is 0 Å². The lowest BCUT2D eigenvalue weighted by atomic mass is 9.98. The topological polar surface area (TPSA) is 15.3 Å². The maximum Gasteiger partial charge on any atom is 0.0715 e. The molecular formula is C11H20N2. The molecule has 3 fully saturated rings. The lowest BCUT2D eigenvalue weighted by molar-refractivity contribution is 0.0666. The number of nitrogens with zero attached hydrogens (tertiary/aromatic N) is 1. The van der Waals surface area contributed by atoms with E-state index in [1.54, 1.807) is 0 Å². The monoisotopic (exact) mass is 180 g/mol. The minimum atomic E-state index is 0.458. The summed E-state index contributed by atoms with van der Waals surface area (Å²) < 4.78 is 0. The van der Waals surface area contributed by atoms with Gasteiger partial charge in [-0.25, -0.2) is 0 Å². The van der Waals surface area contributed by atoms with E-state index in [4.69, 9.17) is 0 Å². The third kappa shape index (κ3) is 1.23. The van der Waals surface area contributed by atoms with Gasteiger partial charge in [0.15, 0.2) is 0 Å². The number of hydrogen-bond donors (Lipinski definition) is 1. The number of nitrogens with one attached hydrogen (secondary N) is 1. The summed E-state index contributed by atoms with van der Waals surface area (Å²) in [4.78, 5) is 2.73. The van der Waals surface area contributed by atoms with Crippen LogP contribution in [0.4, 0.5) is 0 Å². The van der Waals surface area contributed by atoms with Crippen LogP contribution in [0.2, 0.25) is 0 Å². The molecule has 3 saturated heterocycles. The maximum absolute atomic E-state index is 3.87. The van der Waals surface area contributed by atoms with Gasteiger partial charge in [0.2, 0.25) is 0 Å². The number of rotatable bonds is 1. The van der Waals surface area contributed by atoms with E-state index in [1.165, 1.54) is 58.0 Å². The standard InChI is InChI=1S/C11H20N2/c1-2-9-13(8-1)11-6-3-4-10(12-11)5-7-11/h10,12H,1-9H2. The van der Waals surface area contributed by atoms with Gasteiger partial charge in [-0.1, -0.05) is 0 Å². The van der Waals surface area contributed by atoms with Gasteiger partial charge in [-0.15, -0.1) is 0 Å². The Morgan fingerprint density at radius 1 is 1.00 bits per heavy atom. The summed E-state index contributed by atoms with van der Waals surface area (Å²) in [6.07, 6.45) is 9.98. The second-order valence-electron chi connectivity index (χ2n) is 5.00. The molecule has 3 aliphatic heterocycles. The highest BCUT2D eigenvalue weighted by molar-refractivity contribution is 5.01. The molecule has 0 aromatic heterocycles. The fourth-order valence-corrected chi connectivity index (χ4v) is 3.54. The highest BCUT2D eigenvalue weighted by Gasteiger charge is 2.45. The summed E-state index contributed by atoms with van der Waals surface area (Å²) >= 11 is 0. The van der Waals surface area contributed by atoms with Crippen molar-refractivity contribution in [1.82, 2.24) is 10.2 Å². The predicted molar refractivity (Wildman–Crippen MR) is 53.5 cm³/mol. The first kappa shape index (κ1) is 8.25. The first-order valence-electron chi connectivity index (χ1n) is 5.92. The number of piperidine rings is 1. The molecular weight excluding hydrogens is 160 g/mol. The van der Waals surface area contributed by atoms with E-state index in [0.717, 1.165) is 6.04 Å². The quantitative estimate of drug-likeness (QED) is 0.661. The van der Waals surface area contributed by atoms with Crippen LogP contribution in [-0.4, -0.2) is 29.7 Å². The molecule has 1 N–H and O–H groups in total. The molecule has 0 saturated carbocycles. The summed E-state index contributed by atoms with van der Waals surface area (Å²) in [5, 5.41) is 3.87. The zero-order chi connectivity index (χ0) is 8.73. The Labute approximate surface area is 80.7 Å². The van der Waals surface area contributed by atoms with Gasteiger partial charge in [0.25, 0.3) is 0 Å². The molecule has 3 aliphatic rings. The maximum atomic E-state index is 3.87. The third-order valence-corrected chi connectivity index (χ3v) is 4.23. The average molecular weight is 180 g/mol. The molecule has 0 radical (unpaired) electrons. The van der Waals surface area contributed by atoms with Crippen molar-refractivity contribution in [2.45, 2.75) is 56.7 Å². The van der Waals surface area contributed by atoms with Crippen molar-refractivity contribution < 1.29 is 0 Å². The Morgan fingerprint density at radius 3 is 2.69 bits per heavy atom. The third-order valence-electron chi connectivity index (χ3n) is 4.23. The van der Waals surface area contributed by atoms with E-state index in [0.29, 0.717) is 5.66 Å². The number of hydrogen-bond acceptors (Lipinski definition) is 2. The fourth-order valence-electron chi connectivity index (χ4n) is 3.54. The van der Waals surface area contributed by atoms with Gasteiger partial charge in [-0.2, -0.15) is 0 Å². The molecule has 0 amide bonds. The number of likely N-dealkylation sites (tertiary alicyclic amines) is 1. The minimum absolute atomic E-state index is 0.458. The second-order valence-corrected chi connectivity index (χ2v) is 5.00. The van der Waals surface area contributed by atoms with Crippen LogP contribution in [0.1, 0.15) is 44.9 Å². The van der Waals surface area contributed by atoms with Crippen molar-refractivity contribution in [1.29, 1.82) is 0 Å². The Balaban J connectivity index is 1.79. The van der Waals surface area contributed by atoms with Crippen molar-refractivity contribution in [3.05, 3.63) is 0 Å². The molecule has 2 unspecified atom stereocenters. The molecule has 0 aromatic carbocycles. The molecule has 2 heteroatoms. The van der Waals surface area contributed by atoms with Crippen molar-refractivity contribution in [3.8, 4) is 0 Å². The van der Waals surface area contributed by atoms with Gasteiger partial charge in [0.1, 0.15) is 0 Å². The molecule has 2 atom stereocenters. The van der Waals surface area contributed by atoms with Crippen molar-refractivity contribution in [2.24, 2.45) is 0 Å². The lowest BCUT2D eigenvalue weighted by Crippen LogP contribution is -2.57. The van der Waals surface area contributed by atoms with E-state index in [-0.39, 0.29) is 0 Å². The van der Waals surface area contributed by atoms with Crippen molar-refractivity contribution in [3.63, 3.8) is 0 Å². The van der Waals surface area contributed by atoms with Gasteiger partial charge in [0.05, 0.1) is 5.66 Å². The zero-order valence-electron chi connectivity index (χ0n) is 8.39. The van der Waals surface area contributed by atoms with Crippen LogP contribution in [0.5, 0.6) is 0 Å². The van der Waals surface area contributed by atoms with Gasteiger partial charge in [-0.3, -0.25) is 10.2 Å². The summed E-state index contributed by atoms with van der Waals surface area (Å²) in [7, 11) is 0. The van der Waals surface area contributed by atoms with Gasteiger partial charge >= 0.3 is 0 Å². The lowest BCUT2D eigenvalue weighted by Gasteiger charge is -2.42. The first-order chi connectivity index (χ1) is 6.39. The van der Waals surface area contributed by atoms with Crippen molar-refractivity contribution in [2.75, 3.05) is 13.1 Å². The summed E-state index contributed by atoms with van der Waals surface area (Å²) in [5.74, 6) is 0.